The van der Waals surface area contributed by atoms with Gasteiger partial charge in [-0.15, -0.1) is 0 Å². The van der Waals surface area contributed by atoms with Crippen molar-refractivity contribution in [1.82, 2.24) is 9.80 Å². The van der Waals surface area contributed by atoms with Crippen LogP contribution in [0.5, 0.6) is 11.5 Å². The third-order valence-electron chi connectivity index (χ3n) is 5.02. The van der Waals surface area contributed by atoms with Crippen LogP contribution >= 0.6 is 11.8 Å². The third kappa shape index (κ3) is 4.76. The average Bonchev–Trinajstić information content (AvgIpc) is 3.06. The number of anilines is 1. The first-order valence-electron chi connectivity index (χ1n) is 9.31. The molecule has 0 spiro atoms. The molecule has 6 nitrogen and oxygen atoms in total. The predicted octanol–water partition coefficient (Wildman–Crippen LogP) is 3.14. The van der Waals surface area contributed by atoms with Crippen molar-refractivity contribution in [2.45, 2.75) is 25.3 Å². The Morgan fingerprint density at radius 3 is 2.73 bits per heavy atom. The van der Waals surface area contributed by atoms with E-state index in [9.17, 15) is 4.79 Å². The number of nitrogens with zero attached hydrogens (tertiary/aromatic N) is 2. The first kappa shape index (κ1) is 19.2. The molecule has 2 saturated heterocycles. The lowest BCUT2D eigenvalue weighted by Gasteiger charge is -2.32. The maximum Gasteiger partial charge on any atom is 0.322 e. The molecule has 1 aromatic rings. The number of thioether (sulfide) groups is 1. The Bertz CT molecular complexity index is 608. The molecule has 7 heteroatoms. The number of likely N-dealkylation sites (tertiary alicyclic amines) is 1. The van der Waals surface area contributed by atoms with Gasteiger partial charge >= 0.3 is 6.03 Å². The summed E-state index contributed by atoms with van der Waals surface area (Å²) >= 11 is 1.96. The van der Waals surface area contributed by atoms with Crippen LogP contribution in [0.2, 0.25) is 0 Å². The first-order valence-corrected chi connectivity index (χ1v) is 10.5. The van der Waals surface area contributed by atoms with Crippen molar-refractivity contribution in [2.24, 2.45) is 0 Å². The Morgan fingerprint density at radius 2 is 2.00 bits per heavy atom. The number of benzene rings is 1. The van der Waals surface area contributed by atoms with Crippen molar-refractivity contribution >= 4 is 23.5 Å². The zero-order chi connectivity index (χ0) is 18.4. The van der Waals surface area contributed by atoms with E-state index in [2.05, 4.69) is 10.2 Å². The van der Waals surface area contributed by atoms with E-state index in [4.69, 9.17) is 9.47 Å². The highest BCUT2D eigenvalue weighted by atomic mass is 32.2. The van der Waals surface area contributed by atoms with Crippen LogP contribution in [-0.2, 0) is 0 Å². The summed E-state index contributed by atoms with van der Waals surface area (Å²) in [5.41, 5.74) is 0.676. The van der Waals surface area contributed by atoms with Crippen LogP contribution in [0.3, 0.4) is 0 Å². The molecule has 2 heterocycles. The van der Waals surface area contributed by atoms with Gasteiger partial charge in [0, 0.05) is 24.9 Å². The fourth-order valence-electron chi connectivity index (χ4n) is 3.60. The van der Waals surface area contributed by atoms with Gasteiger partial charge in [-0.25, -0.2) is 4.79 Å². The lowest BCUT2D eigenvalue weighted by Crippen LogP contribution is -2.49. The molecule has 2 fully saturated rings. The molecule has 144 valence electrons. The number of carbonyl (C=O) groups excluding carboxylic acids is 1. The standard InChI is InChI=1S/C19H29N3O3S/c1-24-16-6-7-17(18(12-16)25-2)20-19(23)22-10-5-11-26-14-15(22)13-21-8-3-4-9-21/h6-7,12,15H,3-5,8-11,13-14H2,1-2H3,(H,20,23). The minimum Gasteiger partial charge on any atom is -0.497 e. The molecule has 2 aliphatic rings. The van der Waals surface area contributed by atoms with Gasteiger partial charge in [0.05, 0.1) is 25.9 Å². The number of methoxy groups -OCH3 is 2. The second-order valence-electron chi connectivity index (χ2n) is 6.78. The van der Waals surface area contributed by atoms with Gasteiger partial charge in [-0.05, 0) is 50.2 Å². The highest BCUT2D eigenvalue weighted by Crippen LogP contribution is 2.30. The van der Waals surface area contributed by atoms with Crippen molar-refractivity contribution in [1.29, 1.82) is 0 Å². The minimum absolute atomic E-state index is 0.0415. The third-order valence-corrected chi connectivity index (χ3v) is 6.22. The van der Waals surface area contributed by atoms with Gasteiger partial charge in [0.1, 0.15) is 11.5 Å². The van der Waals surface area contributed by atoms with Crippen molar-refractivity contribution in [3.63, 3.8) is 0 Å². The van der Waals surface area contributed by atoms with Crippen LogP contribution in [0.1, 0.15) is 19.3 Å². The normalized spacial score (nSPS) is 21.3. The van der Waals surface area contributed by atoms with Crippen LogP contribution < -0.4 is 14.8 Å². The molecule has 0 aliphatic carbocycles. The molecule has 26 heavy (non-hydrogen) atoms. The summed E-state index contributed by atoms with van der Waals surface area (Å²) in [4.78, 5) is 17.5. The van der Waals surface area contributed by atoms with Gasteiger partial charge in [0.25, 0.3) is 0 Å². The zero-order valence-corrected chi connectivity index (χ0v) is 16.5. The number of hydrogen-bond acceptors (Lipinski definition) is 5. The van der Waals surface area contributed by atoms with E-state index in [-0.39, 0.29) is 12.1 Å². The summed E-state index contributed by atoms with van der Waals surface area (Å²) in [7, 11) is 3.22. The van der Waals surface area contributed by atoms with E-state index >= 15 is 0 Å². The van der Waals surface area contributed by atoms with Gasteiger partial charge < -0.3 is 24.6 Å². The van der Waals surface area contributed by atoms with E-state index in [1.165, 1.54) is 12.8 Å². The molecule has 0 saturated carbocycles. The van der Waals surface area contributed by atoms with Crippen molar-refractivity contribution in [2.75, 3.05) is 57.2 Å². The fraction of sp³-hybridized carbons (Fsp3) is 0.632. The maximum atomic E-state index is 13.0. The van der Waals surface area contributed by atoms with Gasteiger partial charge in [0.15, 0.2) is 0 Å². The van der Waals surface area contributed by atoms with Gasteiger partial charge in [-0.3, -0.25) is 0 Å². The highest BCUT2D eigenvalue weighted by molar-refractivity contribution is 7.99. The Hall–Kier alpha value is -1.60. The fourth-order valence-corrected chi connectivity index (χ4v) is 4.66. The summed E-state index contributed by atoms with van der Waals surface area (Å²) in [6.07, 6.45) is 3.58. The number of urea groups is 1. The van der Waals surface area contributed by atoms with E-state index in [1.54, 1.807) is 20.3 Å². The summed E-state index contributed by atoms with van der Waals surface area (Å²) in [5.74, 6) is 3.44. The minimum atomic E-state index is -0.0415. The average molecular weight is 380 g/mol. The molecule has 1 unspecified atom stereocenters. The molecule has 0 radical (unpaired) electrons. The number of carbonyl (C=O) groups is 1. The van der Waals surface area contributed by atoms with Crippen molar-refractivity contribution < 1.29 is 14.3 Å². The Morgan fingerprint density at radius 1 is 1.19 bits per heavy atom. The summed E-state index contributed by atoms with van der Waals surface area (Å²) in [6.45, 7) is 4.09. The number of rotatable bonds is 5. The van der Waals surface area contributed by atoms with E-state index in [0.717, 1.165) is 44.1 Å². The lowest BCUT2D eigenvalue weighted by atomic mass is 10.2. The number of amides is 2. The Labute approximate surface area is 160 Å². The van der Waals surface area contributed by atoms with E-state index in [0.29, 0.717) is 17.2 Å². The Kier molecular flexibility index (Phi) is 6.91. The molecule has 2 aliphatic heterocycles. The quantitative estimate of drug-likeness (QED) is 0.852. The first-order chi connectivity index (χ1) is 12.7. The number of nitrogens with one attached hydrogen (secondary N) is 1. The summed E-state index contributed by atoms with van der Waals surface area (Å²) < 4.78 is 10.6. The molecule has 1 atom stereocenters. The molecule has 0 bridgehead atoms. The topological polar surface area (TPSA) is 54.0 Å². The molecule has 3 rings (SSSR count). The van der Waals surface area contributed by atoms with Crippen LogP contribution in [-0.4, -0.2) is 73.8 Å². The van der Waals surface area contributed by atoms with Crippen LogP contribution in [0.25, 0.3) is 0 Å². The second-order valence-corrected chi connectivity index (χ2v) is 7.93. The van der Waals surface area contributed by atoms with Crippen LogP contribution in [0.4, 0.5) is 10.5 Å². The summed E-state index contributed by atoms with van der Waals surface area (Å²) in [5, 5.41) is 3.04. The number of ether oxygens (including phenoxy) is 2. The SMILES string of the molecule is COc1ccc(NC(=O)N2CCCSCC2CN2CCCC2)c(OC)c1. The van der Waals surface area contributed by atoms with Crippen LogP contribution in [0.15, 0.2) is 18.2 Å². The maximum absolute atomic E-state index is 13.0. The molecule has 1 N–H and O–H groups in total. The molecular formula is C19H29N3O3S. The highest BCUT2D eigenvalue weighted by Gasteiger charge is 2.28. The predicted molar refractivity (Wildman–Crippen MR) is 107 cm³/mol. The monoisotopic (exact) mass is 379 g/mol. The van der Waals surface area contributed by atoms with Gasteiger partial charge in [-0.2, -0.15) is 11.8 Å². The smallest absolute Gasteiger partial charge is 0.322 e. The van der Waals surface area contributed by atoms with E-state index in [1.807, 2.05) is 28.8 Å². The van der Waals surface area contributed by atoms with Gasteiger partial charge in [0.2, 0.25) is 0 Å². The van der Waals surface area contributed by atoms with Gasteiger partial charge in [-0.1, -0.05) is 0 Å². The molecule has 2 amide bonds. The van der Waals surface area contributed by atoms with E-state index < -0.39 is 0 Å². The van der Waals surface area contributed by atoms with Crippen molar-refractivity contribution in [3.05, 3.63) is 18.2 Å². The molecule has 0 aromatic heterocycles. The second kappa shape index (κ2) is 9.37. The number of hydrogen-bond donors (Lipinski definition) is 1. The zero-order valence-electron chi connectivity index (χ0n) is 15.7. The Balaban J connectivity index is 1.70. The molecular weight excluding hydrogens is 350 g/mol. The summed E-state index contributed by atoms with van der Waals surface area (Å²) in [6, 6.07) is 5.66. The molecule has 1 aromatic carbocycles. The van der Waals surface area contributed by atoms with Crippen molar-refractivity contribution in [3.8, 4) is 11.5 Å². The lowest BCUT2D eigenvalue weighted by molar-refractivity contribution is 0.173. The van der Waals surface area contributed by atoms with Crippen LogP contribution in [0, 0.1) is 0 Å². The largest absolute Gasteiger partial charge is 0.497 e.